The minimum Gasteiger partial charge on any atom is -0.409 e. The van der Waals surface area contributed by atoms with E-state index in [4.69, 9.17) is 13.6 Å². The van der Waals surface area contributed by atoms with Crippen LogP contribution < -0.4 is 5.32 Å². The van der Waals surface area contributed by atoms with E-state index >= 15 is 0 Å². The van der Waals surface area contributed by atoms with Gasteiger partial charge in [0.25, 0.3) is 5.91 Å². The van der Waals surface area contributed by atoms with Crippen molar-refractivity contribution in [3.8, 4) is 0 Å². The Labute approximate surface area is 260 Å². The van der Waals surface area contributed by atoms with Crippen LogP contribution in [0.25, 0.3) is 5.65 Å². The first kappa shape index (κ1) is 32.3. The Morgan fingerprint density at radius 3 is 2.12 bits per heavy atom. The molecule has 4 rings (SSSR count). The minimum absolute atomic E-state index is 0.0212. The van der Waals surface area contributed by atoms with Crippen molar-refractivity contribution in [2.24, 2.45) is 0 Å². The molecule has 1 aliphatic heterocycles. The molecule has 3 aromatic rings. The van der Waals surface area contributed by atoms with Gasteiger partial charge in [-0.2, -0.15) is 0 Å². The van der Waals surface area contributed by atoms with Gasteiger partial charge in [-0.25, -0.2) is 9.97 Å². The molecule has 8 nitrogen and oxygen atoms in total. The van der Waals surface area contributed by atoms with E-state index in [2.05, 4.69) is 106 Å². The maximum Gasteiger partial charge on any atom is 0.257 e. The molecule has 41 heavy (non-hydrogen) atoms. The predicted octanol–water partition coefficient (Wildman–Crippen LogP) is 7.64. The number of nitrogens with one attached hydrogen (secondary N) is 1. The Morgan fingerprint density at radius 2 is 1.56 bits per heavy atom. The zero-order valence-corrected chi connectivity index (χ0v) is 30.1. The SMILES string of the molecule is CC(C)(C)[Si](C)(C)O[C@@H]1[C@H](O[Si](C)(C)C(C)(C)C)[C@@H](CI)O[C@H]1c1cc2ncnc(NC(=O)c3ccccc3)n2c1. The first-order valence-electron chi connectivity index (χ1n) is 14.2. The molecule has 11 heteroatoms. The maximum atomic E-state index is 12.9. The summed E-state index contributed by atoms with van der Waals surface area (Å²) in [4.78, 5) is 21.8. The highest BCUT2D eigenvalue weighted by molar-refractivity contribution is 14.1. The molecule has 1 saturated heterocycles. The first-order chi connectivity index (χ1) is 18.9. The van der Waals surface area contributed by atoms with Gasteiger partial charge in [-0.3, -0.25) is 14.5 Å². The molecule has 0 spiro atoms. The quantitative estimate of drug-likeness (QED) is 0.147. The van der Waals surface area contributed by atoms with E-state index in [9.17, 15) is 4.79 Å². The summed E-state index contributed by atoms with van der Waals surface area (Å²) in [7, 11) is -4.33. The molecule has 0 bridgehead atoms. The Kier molecular flexibility index (Phi) is 9.29. The van der Waals surface area contributed by atoms with Gasteiger partial charge >= 0.3 is 0 Å². The van der Waals surface area contributed by atoms with Crippen LogP contribution in [0.5, 0.6) is 0 Å². The average Bonchev–Trinajstić information content (AvgIpc) is 3.45. The highest BCUT2D eigenvalue weighted by atomic mass is 127. The predicted molar refractivity (Wildman–Crippen MR) is 178 cm³/mol. The second-order valence-corrected chi connectivity index (χ2v) is 24.3. The molecule has 1 aliphatic rings. The standard InChI is InChI=1S/C30H45IN4O4Si2/c1-29(2,3)40(7,8)38-25-22(17-31)37-24(26(25)39-41(9,10)30(4,5)6)21-16-23-32-19-33-28(35(23)18-21)34-27(36)20-14-12-11-13-15-20/h11-16,18-19,22,24-26H,17H2,1-10H3,(H,32,33,34,36)/t22-,24+,25-,26+/m1/s1. The van der Waals surface area contributed by atoms with E-state index in [1.807, 2.05) is 34.9 Å². The maximum absolute atomic E-state index is 12.9. The topological polar surface area (TPSA) is 87.0 Å². The van der Waals surface area contributed by atoms with Gasteiger partial charge in [0, 0.05) is 21.8 Å². The molecule has 3 heterocycles. The Balaban J connectivity index is 1.74. The molecule has 224 valence electrons. The lowest BCUT2D eigenvalue weighted by Crippen LogP contribution is -2.53. The van der Waals surface area contributed by atoms with E-state index in [1.54, 1.807) is 12.1 Å². The fraction of sp³-hybridized carbons (Fsp3) is 0.567. The number of anilines is 1. The summed E-state index contributed by atoms with van der Waals surface area (Å²) in [6.07, 6.45) is 2.49. The van der Waals surface area contributed by atoms with Crippen LogP contribution in [-0.2, 0) is 13.6 Å². The van der Waals surface area contributed by atoms with Gasteiger partial charge in [0.2, 0.25) is 5.95 Å². The van der Waals surface area contributed by atoms with Crippen LogP contribution in [0.3, 0.4) is 0 Å². The highest BCUT2D eigenvalue weighted by Gasteiger charge is 2.53. The van der Waals surface area contributed by atoms with Crippen molar-refractivity contribution in [2.45, 2.75) is 102 Å². The summed E-state index contributed by atoms with van der Waals surface area (Å²) in [6.45, 7) is 22.7. The van der Waals surface area contributed by atoms with Crippen LogP contribution in [0.1, 0.15) is 63.6 Å². The number of ether oxygens (including phenoxy) is 1. The lowest BCUT2D eigenvalue weighted by atomic mass is 10.0. The lowest BCUT2D eigenvalue weighted by Gasteiger charge is -2.44. The Hall–Kier alpha value is -1.65. The van der Waals surface area contributed by atoms with Crippen molar-refractivity contribution < 1.29 is 18.4 Å². The van der Waals surface area contributed by atoms with Crippen LogP contribution in [0.2, 0.25) is 36.3 Å². The van der Waals surface area contributed by atoms with Crippen molar-refractivity contribution >= 4 is 56.7 Å². The van der Waals surface area contributed by atoms with Gasteiger partial charge in [-0.05, 0) is 54.5 Å². The van der Waals surface area contributed by atoms with E-state index < -0.39 is 16.6 Å². The molecular weight excluding hydrogens is 663 g/mol. The molecular formula is C30H45IN4O4Si2. The molecule has 0 unspecified atom stereocenters. The number of alkyl halides is 1. The third-order valence-electron chi connectivity index (χ3n) is 8.94. The van der Waals surface area contributed by atoms with Crippen LogP contribution >= 0.6 is 22.6 Å². The number of carbonyl (C=O) groups is 1. The number of carbonyl (C=O) groups excluding carboxylic acids is 1. The molecule has 1 aromatic carbocycles. The van der Waals surface area contributed by atoms with Crippen LogP contribution in [0.15, 0.2) is 48.9 Å². The largest absolute Gasteiger partial charge is 0.409 e. The highest BCUT2D eigenvalue weighted by Crippen LogP contribution is 2.47. The van der Waals surface area contributed by atoms with E-state index in [1.165, 1.54) is 6.33 Å². The summed E-state index contributed by atoms with van der Waals surface area (Å²) in [6, 6.07) is 11.1. The van der Waals surface area contributed by atoms with E-state index in [0.29, 0.717) is 17.2 Å². The molecule has 0 saturated carbocycles. The third kappa shape index (κ3) is 6.80. The summed E-state index contributed by atoms with van der Waals surface area (Å²) in [5.74, 6) is 0.166. The van der Waals surface area contributed by atoms with Gasteiger partial charge in [-0.15, -0.1) is 0 Å². The molecule has 1 fully saturated rings. The van der Waals surface area contributed by atoms with Crippen LogP contribution in [0, 0.1) is 0 Å². The van der Waals surface area contributed by atoms with E-state index in [0.717, 1.165) is 9.99 Å². The fourth-order valence-electron chi connectivity index (χ4n) is 4.38. The summed E-state index contributed by atoms with van der Waals surface area (Å²) >= 11 is 2.40. The van der Waals surface area contributed by atoms with Gasteiger partial charge < -0.3 is 13.6 Å². The Bertz CT molecular complexity index is 1370. The van der Waals surface area contributed by atoms with Crippen LogP contribution in [-0.4, -0.2) is 59.7 Å². The number of fused-ring (bicyclic) bond motifs is 1. The molecule has 2 aromatic heterocycles. The smallest absolute Gasteiger partial charge is 0.257 e. The number of rotatable bonds is 8. The van der Waals surface area contributed by atoms with Crippen molar-refractivity contribution in [1.29, 1.82) is 0 Å². The number of benzene rings is 1. The number of amides is 1. The molecule has 4 atom stereocenters. The second-order valence-electron chi connectivity index (χ2n) is 14.0. The third-order valence-corrected chi connectivity index (χ3v) is 18.8. The molecule has 1 amide bonds. The van der Waals surface area contributed by atoms with Crippen molar-refractivity contribution in [1.82, 2.24) is 14.4 Å². The summed E-state index contributed by atoms with van der Waals surface area (Å²) in [5.41, 5.74) is 2.16. The van der Waals surface area contributed by atoms with Crippen LogP contribution in [0.4, 0.5) is 5.95 Å². The monoisotopic (exact) mass is 708 g/mol. The van der Waals surface area contributed by atoms with Gasteiger partial charge in [0.15, 0.2) is 16.6 Å². The number of nitrogens with zero attached hydrogens (tertiary/aromatic N) is 3. The van der Waals surface area contributed by atoms with Crippen molar-refractivity contribution in [3.05, 3.63) is 60.0 Å². The first-order valence-corrected chi connectivity index (χ1v) is 21.6. The second kappa shape index (κ2) is 11.8. The minimum atomic E-state index is -2.20. The fourth-order valence-corrected chi connectivity index (χ4v) is 7.70. The molecule has 0 radical (unpaired) electrons. The number of hydrogen-bond acceptors (Lipinski definition) is 6. The Morgan fingerprint density at radius 1 is 0.976 bits per heavy atom. The summed E-state index contributed by atoms with van der Waals surface area (Å²) < 4.78 is 23.7. The molecule has 1 N–H and O–H groups in total. The zero-order chi connectivity index (χ0) is 30.4. The van der Waals surface area contributed by atoms with Gasteiger partial charge in [-0.1, -0.05) is 82.3 Å². The molecule has 0 aliphatic carbocycles. The number of aromatic nitrogens is 3. The van der Waals surface area contributed by atoms with E-state index in [-0.39, 0.29) is 40.4 Å². The average molecular weight is 709 g/mol. The van der Waals surface area contributed by atoms with Crippen molar-refractivity contribution in [3.63, 3.8) is 0 Å². The van der Waals surface area contributed by atoms with Gasteiger partial charge in [0.1, 0.15) is 24.2 Å². The summed E-state index contributed by atoms with van der Waals surface area (Å²) in [5, 5.41) is 3.01. The van der Waals surface area contributed by atoms with Crippen molar-refractivity contribution in [2.75, 3.05) is 9.74 Å². The number of hydrogen-bond donors (Lipinski definition) is 1. The van der Waals surface area contributed by atoms with Gasteiger partial charge in [0.05, 0.1) is 12.2 Å². The zero-order valence-electron chi connectivity index (χ0n) is 26.0. The normalized spacial score (nSPS) is 22.3. The number of halogens is 1. The lowest BCUT2D eigenvalue weighted by molar-refractivity contribution is 0.0211.